The van der Waals surface area contributed by atoms with Gasteiger partial charge >= 0.3 is 5.97 Å². The van der Waals surface area contributed by atoms with Gasteiger partial charge in [0.25, 0.3) is 0 Å². The molecule has 0 saturated carbocycles. The molecule has 2 rings (SSSR count). The van der Waals surface area contributed by atoms with E-state index < -0.39 is 5.97 Å². The summed E-state index contributed by atoms with van der Waals surface area (Å²) < 4.78 is 16.1. The van der Waals surface area contributed by atoms with E-state index in [1.807, 2.05) is 44.4 Å². The molecule has 0 N–H and O–H groups in total. The Kier molecular flexibility index (Phi) is 6.39. The largest absolute Gasteiger partial charge is 0.493 e. The van der Waals surface area contributed by atoms with Crippen LogP contribution in [0.5, 0.6) is 11.5 Å². The molecule has 0 aromatic heterocycles. The van der Waals surface area contributed by atoms with Gasteiger partial charge in [-0.3, -0.25) is 0 Å². The lowest BCUT2D eigenvalue weighted by atomic mass is 10.1. The number of carbonyl (C=O) groups is 1. The third kappa shape index (κ3) is 4.97. The standard InChI is InChI=1S/C19H22N2O4/c1-21(2)13-20-16-11-17(23-3)18(10-15(16)19(22)24-4)25-12-14-8-6-5-7-9-14/h5-11,13H,12H2,1-4H3. The molecule has 0 bridgehead atoms. The summed E-state index contributed by atoms with van der Waals surface area (Å²) in [5.41, 5.74) is 1.77. The SMILES string of the molecule is COC(=O)c1cc(OCc2ccccc2)c(OC)cc1N=CN(C)C. The first-order valence-electron chi connectivity index (χ1n) is 7.73. The first kappa shape index (κ1) is 18.3. The van der Waals surface area contributed by atoms with Gasteiger partial charge in [0.1, 0.15) is 6.61 Å². The number of methoxy groups -OCH3 is 2. The molecule has 2 aromatic rings. The molecule has 0 fully saturated rings. The summed E-state index contributed by atoms with van der Waals surface area (Å²) in [6.07, 6.45) is 1.60. The van der Waals surface area contributed by atoms with Crippen LogP contribution in [0.15, 0.2) is 47.5 Å². The van der Waals surface area contributed by atoms with Gasteiger partial charge in [-0.2, -0.15) is 0 Å². The zero-order valence-electron chi connectivity index (χ0n) is 14.9. The number of hydrogen-bond donors (Lipinski definition) is 0. The minimum atomic E-state index is -0.488. The molecule has 0 unspecified atom stereocenters. The molecule has 132 valence electrons. The fourth-order valence-corrected chi connectivity index (χ4v) is 2.11. The van der Waals surface area contributed by atoms with Crippen LogP contribution >= 0.6 is 0 Å². The Balaban J connectivity index is 2.36. The number of hydrogen-bond acceptors (Lipinski definition) is 5. The van der Waals surface area contributed by atoms with Crippen molar-refractivity contribution in [3.8, 4) is 11.5 Å². The lowest BCUT2D eigenvalue weighted by Crippen LogP contribution is -2.08. The molecule has 0 heterocycles. The van der Waals surface area contributed by atoms with E-state index in [2.05, 4.69) is 4.99 Å². The monoisotopic (exact) mass is 342 g/mol. The predicted molar refractivity (Wildman–Crippen MR) is 96.9 cm³/mol. The van der Waals surface area contributed by atoms with Crippen LogP contribution in [-0.2, 0) is 11.3 Å². The minimum Gasteiger partial charge on any atom is -0.493 e. The van der Waals surface area contributed by atoms with Crippen molar-refractivity contribution in [2.75, 3.05) is 28.3 Å². The van der Waals surface area contributed by atoms with E-state index in [0.29, 0.717) is 29.4 Å². The summed E-state index contributed by atoms with van der Waals surface area (Å²) in [5, 5.41) is 0. The van der Waals surface area contributed by atoms with Crippen molar-refractivity contribution >= 4 is 18.0 Å². The van der Waals surface area contributed by atoms with E-state index in [1.165, 1.54) is 7.11 Å². The molecule has 0 amide bonds. The molecule has 0 aliphatic carbocycles. The van der Waals surface area contributed by atoms with E-state index in [1.54, 1.807) is 30.5 Å². The van der Waals surface area contributed by atoms with Gasteiger partial charge in [-0.1, -0.05) is 30.3 Å². The normalized spacial score (nSPS) is 10.6. The van der Waals surface area contributed by atoms with E-state index in [9.17, 15) is 4.79 Å². The number of benzene rings is 2. The van der Waals surface area contributed by atoms with Crippen molar-refractivity contribution in [3.05, 3.63) is 53.6 Å². The van der Waals surface area contributed by atoms with Crippen molar-refractivity contribution < 1.29 is 19.0 Å². The quantitative estimate of drug-likeness (QED) is 0.439. The summed E-state index contributed by atoms with van der Waals surface area (Å²) in [4.78, 5) is 18.2. The number of carbonyl (C=O) groups excluding carboxylic acids is 1. The molecule has 6 nitrogen and oxygen atoms in total. The lowest BCUT2D eigenvalue weighted by molar-refractivity contribution is 0.0601. The Morgan fingerprint density at radius 1 is 1.12 bits per heavy atom. The minimum absolute atomic E-state index is 0.310. The molecule has 2 aromatic carbocycles. The van der Waals surface area contributed by atoms with Crippen LogP contribution in [-0.4, -0.2) is 45.5 Å². The number of rotatable bonds is 7. The zero-order chi connectivity index (χ0) is 18.2. The Labute approximate surface area is 147 Å². The van der Waals surface area contributed by atoms with Gasteiger partial charge in [0, 0.05) is 26.2 Å². The molecule has 0 aliphatic heterocycles. The first-order chi connectivity index (χ1) is 12.0. The molecular weight excluding hydrogens is 320 g/mol. The number of nitrogens with zero attached hydrogens (tertiary/aromatic N) is 2. The fraction of sp³-hybridized carbons (Fsp3) is 0.263. The number of ether oxygens (including phenoxy) is 3. The number of aliphatic imine (C=N–C) groups is 1. The fourth-order valence-electron chi connectivity index (χ4n) is 2.11. The summed E-state index contributed by atoms with van der Waals surface area (Å²) >= 11 is 0. The molecule has 25 heavy (non-hydrogen) atoms. The molecule has 6 heteroatoms. The number of esters is 1. The molecule has 0 saturated heterocycles. The van der Waals surface area contributed by atoms with Gasteiger partial charge in [0.15, 0.2) is 11.5 Å². The average Bonchev–Trinajstić information content (AvgIpc) is 2.64. The van der Waals surface area contributed by atoms with E-state index in [4.69, 9.17) is 14.2 Å². The lowest BCUT2D eigenvalue weighted by Gasteiger charge is -2.14. The highest BCUT2D eigenvalue weighted by atomic mass is 16.5. The molecule has 0 atom stereocenters. The van der Waals surface area contributed by atoms with Crippen molar-refractivity contribution in [2.24, 2.45) is 4.99 Å². The Morgan fingerprint density at radius 2 is 1.84 bits per heavy atom. The van der Waals surface area contributed by atoms with E-state index in [0.717, 1.165) is 5.56 Å². The van der Waals surface area contributed by atoms with Crippen LogP contribution < -0.4 is 9.47 Å². The van der Waals surface area contributed by atoms with Crippen LogP contribution in [0.1, 0.15) is 15.9 Å². The van der Waals surface area contributed by atoms with Gasteiger partial charge in [-0.05, 0) is 5.56 Å². The highest BCUT2D eigenvalue weighted by Gasteiger charge is 2.17. The Hall–Kier alpha value is -3.02. The maximum absolute atomic E-state index is 12.1. The molecule has 0 aliphatic rings. The molecular formula is C19H22N2O4. The topological polar surface area (TPSA) is 60.4 Å². The summed E-state index contributed by atoms with van der Waals surface area (Å²) in [6.45, 7) is 0.359. The Morgan fingerprint density at radius 3 is 2.44 bits per heavy atom. The van der Waals surface area contributed by atoms with Gasteiger partial charge in [-0.25, -0.2) is 9.79 Å². The first-order valence-corrected chi connectivity index (χ1v) is 7.73. The third-order valence-electron chi connectivity index (χ3n) is 3.35. The summed E-state index contributed by atoms with van der Waals surface area (Å²) in [7, 11) is 6.56. The highest BCUT2D eigenvalue weighted by molar-refractivity contribution is 5.96. The van der Waals surface area contributed by atoms with E-state index in [-0.39, 0.29) is 0 Å². The van der Waals surface area contributed by atoms with Gasteiger partial charge in [-0.15, -0.1) is 0 Å². The summed E-state index contributed by atoms with van der Waals surface area (Å²) in [6, 6.07) is 13.0. The maximum atomic E-state index is 12.1. The highest BCUT2D eigenvalue weighted by Crippen LogP contribution is 2.35. The Bertz CT molecular complexity index is 743. The predicted octanol–water partition coefficient (Wildman–Crippen LogP) is 3.28. The van der Waals surface area contributed by atoms with Crippen molar-refractivity contribution in [1.82, 2.24) is 4.90 Å². The van der Waals surface area contributed by atoms with Crippen LogP contribution in [0.4, 0.5) is 5.69 Å². The van der Waals surface area contributed by atoms with Crippen LogP contribution in [0.25, 0.3) is 0 Å². The van der Waals surface area contributed by atoms with Gasteiger partial charge in [0.2, 0.25) is 0 Å². The summed E-state index contributed by atoms with van der Waals surface area (Å²) in [5.74, 6) is 0.461. The van der Waals surface area contributed by atoms with Crippen molar-refractivity contribution in [2.45, 2.75) is 6.61 Å². The average molecular weight is 342 g/mol. The third-order valence-corrected chi connectivity index (χ3v) is 3.35. The second-order valence-electron chi connectivity index (χ2n) is 5.49. The van der Waals surface area contributed by atoms with Crippen LogP contribution in [0.3, 0.4) is 0 Å². The van der Waals surface area contributed by atoms with E-state index >= 15 is 0 Å². The van der Waals surface area contributed by atoms with Gasteiger partial charge in [0.05, 0.1) is 31.8 Å². The van der Waals surface area contributed by atoms with Gasteiger partial charge < -0.3 is 19.1 Å². The second kappa shape index (κ2) is 8.73. The van der Waals surface area contributed by atoms with Crippen molar-refractivity contribution in [3.63, 3.8) is 0 Å². The molecule has 0 spiro atoms. The molecule has 0 radical (unpaired) electrons. The smallest absolute Gasteiger partial charge is 0.340 e. The zero-order valence-corrected chi connectivity index (χ0v) is 14.9. The van der Waals surface area contributed by atoms with Crippen LogP contribution in [0, 0.1) is 0 Å². The van der Waals surface area contributed by atoms with Crippen molar-refractivity contribution in [1.29, 1.82) is 0 Å². The maximum Gasteiger partial charge on any atom is 0.340 e. The van der Waals surface area contributed by atoms with Crippen LogP contribution in [0.2, 0.25) is 0 Å². The second-order valence-corrected chi connectivity index (χ2v) is 5.49.